The predicted molar refractivity (Wildman–Crippen MR) is 47.5 cm³/mol. The van der Waals surface area contributed by atoms with E-state index in [9.17, 15) is 9.13 Å². The fourth-order valence-electron chi connectivity index (χ4n) is 0.170. The molecule has 0 atom stereocenters. The van der Waals surface area contributed by atoms with E-state index in [4.69, 9.17) is 29.8 Å². The number of aliphatic hydroxyl groups excluding tert-OH is 1. The zero-order valence-corrected chi connectivity index (χ0v) is 9.39. The fraction of sp³-hybridized carbons (Fsp3) is 1.00. The number of hydrogen-bond donors (Lipinski definition) is 6. The summed E-state index contributed by atoms with van der Waals surface area (Å²) >= 11 is 0. The molecule has 0 aromatic carbocycles. The summed E-state index contributed by atoms with van der Waals surface area (Å²) in [6.07, 6.45) is 0. The van der Waals surface area contributed by atoms with Crippen molar-refractivity contribution in [2.45, 2.75) is 18.9 Å². The van der Waals surface area contributed by atoms with E-state index in [1.54, 1.807) is 6.92 Å². The molecule has 6 N–H and O–H groups in total. The molecule has 0 aliphatic carbocycles. The van der Waals surface area contributed by atoms with E-state index in [1.165, 1.54) is 0 Å². The third-order valence-electron chi connectivity index (χ3n) is 1.10. The van der Waals surface area contributed by atoms with Gasteiger partial charge in [-0.3, -0.25) is 9.13 Å². The molecule has 0 aromatic heterocycles. The standard InChI is InChI=1S/C2H8O7P2.C2H6O/c1-2(3,10(4,5)6)11(7,8)9;1-2-3/h3H,1H3,(H2,4,5,6)(H2,7,8,9);3H,2H2,1H3. The fourth-order valence-corrected chi connectivity index (χ4v) is 1.53. The van der Waals surface area contributed by atoms with Crippen molar-refractivity contribution in [1.29, 1.82) is 0 Å². The Labute approximate surface area is 80.5 Å². The van der Waals surface area contributed by atoms with Crippen molar-refractivity contribution in [3.05, 3.63) is 0 Å². The van der Waals surface area contributed by atoms with Crippen LogP contribution in [-0.4, -0.2) is 41.5 Å². The van der Waals surface area contributed by atoms with E-state index < -0.39 is 20.3 Å². The van der Waals surface area contributed by atoms with Crippen LogP contribution in [0.1, 0.15) is 13.8 Å². The van der Waals surface area contributed by atoms with Crippen molar-refractivity contribution < 1.29 is 38.9 Å². The Morgan fingerprint density at radius 3 is 1.21 bits per heavy atom. The first-order valence-electron chi connectivity index (χ1n) is 3.36. The van der Waals surface area contributed by atoms with Gasteiger partial charge in [0.1, 0.15) is 0 Å². The second kappa shape index (κ2) is 5.34. The van der Waals surface area contributed by atoms with E-state index in [1.807, 2.05) is 0 Å². The number of aliphatic hydroxyl groups is 2. The molecule has 10 heteroatoms. The van der Waals surface area contributed by atoms with Crippen LogP contribution in [0.5, 0.6) is 0 Å². The third kappa shape index (κ3) is 4.63. The number of hydrogen-bond acceptors (Lipinski definition) is 4. The minimum absolute atomic E-state index is 0.250. The first-order chi connectivity index (χ1) is 5.91. The summed E-state index contributed by atoms with van der Waals surface area (Å²) in [6, 6.07) is 0. The van der Waals surface area contributed by atoms with Gasteiger partial charge in [-0.25, -0.2) is 0 Å². The van der Waals surface area contributed by atoms with Crippen LogP contribution in [0.4, 0.5) is 0 Å². The Morgan fingerprint density at radius 2 is 1.21 bits per heavy atom. The van der Waals surface area contributed by atoms with Crippen molar-refractivity contribution in [2.24, 2.45) is 0 Å². The normalized spacial score (nSPS) is 13.1. The molecule has 0 aliphatic heterocycles. The Balaban J connectivity index is 0. The highest BCUT2D eigenvalue weighted by molar-refractivity contribution is 7.71. The Hall–Kier alpha value is 0.220. The topological polar surface area (TPSA) is 156 Å². The van der Waals surface area contributed by atoms with Crippen LogP contribution in [0.15, 0.2) is 0 Å². The van der Waals surface area contributed by atoms with Gasteiger partial charge in [0.05, 0.1) is 0 Å². The van der Waals surface area contributed by atoms with E-state index in [2.05, 4.69) is 0 Å². The molecule has 0 radical (unpaired) electrons. The lowest BCUT2D eigenvalue weighted by Gasteiger charge is -2.24. The maximum atomic E-state index is 10.3. The first kappa shape index (κ1) is 16.6. The molecule has 88 valence electrons. The van der Waals surface area contributed by atoms with Crippen LogP contribution >= 0.6 is 15.2 Å². The highest BCUT2D eigenvalue weighted by Gasteiger charge is 2.55. The maximum Gasteiger partial charge on any atom is 0.369 e. The van der Waals surface area contributed by atoms with Crippen molar-refractivity contribution in [3.63, 3.8) is 0 Å². The molecule has 0 unspecified atom stereocenters. The minimum atomic E-state index is -5.20. The van der Waals surface area contributed by atoms with Gasteiger partial charge in [-0.05, 0) is 13.8 Å². The highest BCUT2D eigenvalue weighted by atomic mass is 31.2. The summed E-state index contributed by atoms with van der Waals surface area (Å²) in [4.78, 5) is 33.0. The van der Waals surface area contributed by atoms with Gasteiger partial charge in [0.25, 0.3) is 5.08 Å². The van der Waals surface area contributed by atoms with Crippen LogP contribution in [0.25, 0.3) is 0 Å². The first-order valence-corrected chi connectivity index (χ1v) is 6.58. The average Bonchev–Trinajstić information content (AvgIpc) is 1.83. The van der Waals surface area contributed by atoms with E-state index in [0.717, 1.165) is 0 Å². The second-order valence-electron chi connectivity index (χ2n) is 2.38. The van der Waals surface area contributed by atoms with Gasteiger partial charge in [0.2, 0.25) is 0 Å². The molecule has 0 amide bonds. The number of rotatable bonds is 2. The lowest BCUT2D eigenvalue weighted by atomic mass is 10.9. The molecule has 0 rings (SSSR count). The average molecular weight is 252 g/mol. The minimum Gasteiger partial charge on any atom is -0.397 e. The van der Waals surface area contributed by atoms with Gasteiger partial charge in [-0.15, -0.1) is 0 Å². The summed E-state index contributed by atoms with van der Waals surface area (Å²) in [5.74, 6) is 0. The largest absolute Gasteiger partial charge is 0.397 e. The van der Waals surface area contributed by atoms with Gasteiger partial charge < -0.3 is 29.8 Å². The summed E-state index contributed by atoms with van der Waals surface area (Å²) in [5, 5.41) is 12.9. The molecule has 0 saturated heterocycles. The van der Waals surface area contributed by atoms with Crippen molar-refractivity contribution in [2.75, 3.05) is 6.61 Å². The van der Waals surface area contributed by atoms with Crippen LogP contribution < -0.4 is 0 Å². The third-order valence-corrected chi connectivity index (χ3v) is 4.87. The summed E-state index contributed by atoms with van der Waals surface area (Å²) < 4.78 is 20.5. The quantitative estimate of drug-likeness (QED) is 0.342. The Kier molecular flexibility index (Phi) is 6.35. The van der Waals surface area contributed by atoms with E-state index in [-0.39, 0.29) is 6.61 Å². The molecule has 0 saturated carbocycles. The van der Waals surface area contributed by atoms with Crippen molar-refractivity contribution in [3.8, 4) is 0 Å². The van der Waals surface area contributed by atoms with Crippen LogP contribution in [0.3, 0.4) is 0 Å². The monoisotopic (exact) mass is 252 g/mol. The lowest BCUT2D eigenvalue weighted by Crippen LogP contribution is -2.23. The molecule has 0 spiro atoms. The predicted octanol–water partition coefficient (Wildman–Crippen LogP) is -0.994. The molecular weight excluding hydrogens is 238 g/mol. The smallest absolute Gasteiger partial charge is 0.369 e. The lowest BCUT2D eigenvalue weighted by molar-refractivity contribution is 0.146. The molecule has 0 fully saturated rings. The molecule has 0 bridgehead atoms. The second-order valence-corrected chi connectivity index (χ2v) is 6.65. The van der Waals surface area contributed by atoms with Crippen LogP contribution in [0.2, 0.25) is 0 Å². The molecule has 0 aromatic rings. The summed E-state index contributed by atoms with van der Waals surface area (Å²) in [7, 11) is -10.4. The van der Waals surface area contributed by atoms with Gasteiger partial charge >= 0.3 is 15.2 Å². The molecular formula is C4H14O8P2. The van der Waals surface area contributed by atoms with Gasteiger partial charge in [-0.2, -0.15) is 0 Å². The van der Waals surface area contributed by atoms with Crippen molar-refractivity contribution >= 4 is 15.2 Å². The zero-order valence-electron chi connectivity index (χ0n) is 7.60. The maximum absolute atomic E-state index is 10.3. The Morgan fingerprint density at radius 1 is 1.07 bits per heavy atom. The molecule has 8 nitrogen and oxygen atoms in total. The Bertz CT molecular complexity index is 224. The van der Waals surface area contributed by atoms with Crippen LogP contribution in [-0.2, 0) is 9.13 Å². The molecule has 14 heavy (non-hydrogen) atoms. The van der Waals surface area contributed by atoms with Gasteiger partial charge in [0, 0.05) is 6.61 Å². The molecule has 0 aliphatic rings. The highest BCUT2D eigenvalue weighted by Crippen LogP contribution is 2.66. The summed E-state index contributed by atoms with van der Waals surface area (Å²) in [6.45, 7) is 2.31. The zero-order chi connectivity index (χ0) is 12.2. The van der Waals surface area contributed by atoms with Crippen LogP contribution in [0, 0.1) is 0 Å². The van der Waals surface area contributed by atoms with E-state index >= 15 is 0 Å². The van der Waals surface area contributed by atoms with E-state index in [0.29, 0.717) is 6.92 Å². The molecule has 0 heterocycles. The summed E-state index contributed by atoms with van der Waals surface area (Å²) in [5.41, 5.74) is 0. The van der Waals surface area contributed by atoms with Crippen molar-refractivity contribution in [1.82, 2.24) is 0 Å². The SMILES string of the molecule is CC(O)(P(=O)(O)O)P(=O)(O)O.CCO. The van der Waals surface area contributed by atoms with Gasteiger partial charge in [-0.1, -0.05) is 0 Å². The van der Waals surface area contributed by atoms with Gasteiger partial charge in [0.15, 0.2) is 0 Å².